The van der Waals surface area contributed by atoms with Gasteiger partial charge in [0.05, 0.1) is 26.5 Å². The third-order valence-corrected chi connectivity index (χ3v) is 3.27. The van der Waals surface area contributed by atoms with Gasteiger partial charge in [-0.15, -0.1) is 0 Å². The lowest BCUT2D eigenvalue weighted by atomic mass is 10.2. The molecule has 0 bridgehead atoms. The van der Waals surface area contributed by atoms with Crippen molar-refractivity contribution in [3.05, 3.63) is 66.7 Å². The first kappa shape index (κ1) is 19.0. The quantitative estimate of drug-likeness (QED) is 0.224. The van der Waals surface area contributed by atoms with Crippen LogP contribution in [0.25, 0.3) is 0 Å². The van der Waals surface area contributed by atoms with E-state index in [1.54, 1.807) is 0 Å². The fraction of sp³-hybridized carbons (Fsp3) is 0.0714. The summed E-state index contributed by atoms with van der Waals surface area (Å²) < 4.78 is 0. The van der Waals surface area contributed by atoms with Gasteiger partial charge < -0.3 is 5.73 Å². The number of rotatable bonds is 6. The third-order valence-electron chi connectivity index (χ3n) is 3.27. The van der Waals surface area contributed by atoms with Gasteiger partial charge >= 0.3 is 5.69 Å². The second-order valence-electron chi connectivity index (χ2n) is 5.16. The normalized spacial score (nSPS) is 10.9. The molecule has 0 amide bonds. The zero-order chi connectivity index (χ0) is 20.1. The highest BCUT2D eigenvalue weighted by Gasteiger charge is 2.19. The summed E-state index contributed by atoms with van der Waals surface area (Å²) in [6.45, 7) is 1.51. The molecule has 0 aliphatic carbocycles. The highest BCUT2D eigenvalue weighted by molar-refractivity contribution is 5.84. The first-order valence-corrected chi connectivity index (χ1v) is 7.23. The number of hydrazine groups is 1. The molecule has 0 saturated carbocycles. The van der Waals surface area contributed by atoms with Gasteiger partial charge in [0.15, 0.2) is 0 Å². The van der Waals surface area contributed by atoms with Gasteiger partial charge in [-0.1, -0.05) is 0 Å². The Morgan fingerprint density at radius 3 is 2.22 bits per heavy atom. The van der Waals surface area contributed by atoms with E-state index < -0.39 is 26.1 Å². The molecule has 2 rings (SSSR count). The first-order valence-electron chi connectivity index (χ1n) is 7.23. The molecule has 0 unspecified atom stereocenters. The smallest absolute Gasteiger partial charge is 0.300 e. The Morgan fingerprint density at radius 1 is 0.963 bits per heavy atom. The van der Waals surface area contributed by atoms with Crippen molar-refractivity contribution in [2.75, 3.05) is 11.2 Å². The second-order valence-corrected chi connectivity index (χ2v) is 5.16. The van der Waals surface area contributed by atoms with Crippen molar-refractivity contribution in [2.24, 2.45) is 4.99 Å². The highest BCUT2D eigenvalue weighted by Crippen LogP contribution is 2.29. The molecule has 0 atom stereocenters. The van der Waals surface area contributed by atoms with Gasteiger partial charge in [0, 0.05) is 12.1 Å². The SMILES string of the molecule is CC(=Nc1ccc(N)c([N+](=O)[O-])c1)NNc1ccc([N+](=O)[O-])cc1[N+](=O)[O-]. The Hall–Kier alpha value is -4.29. The lowest BCUT2D eigenvalue weighted by Crippen LogP contribution is -2.27. The predicted octanol–water partition coefficient (Wildman–Crippen LogP) is 2.66. The van der Waals surface area contributed by atoms with Crippen molar-refractivity contribution < 1.29 is 14.8 Å². The fourth-order valence-electron chi connectivity index (χ4n) is 2.03. The number of nitrogens with zero attached hydrogens (tertiary/aromatic N) is 4. The zero-order valence-electron chi connectivity index (χ0n) is 13.8. The van der Waals surface area contributed by atoms with E-state index in [0.717, 1.165) is 12.1 Å². The van der Waals surface area contributed by atoms with Crippen molar-refractivity contribution in [1.82, 2.24) is 5.43 Å². The molecule has 0 aliphatic heterocycles. The van der Waals surface area contributed by atoms with Crippen molar-refractivity contribution in [1.29, 1.82) is 0 Å². The molecule has 0 aliphatic rings. The molecule has 13 heteroatoms. The Morgan fingerprint density at radius 2 is 1.63 bits per heavy atom. The summed E-state index contributed by atoms with van der Waals surface area (Å²) in [5.41, 5.74) is 9.58. The standard InChI is InChI=1S/C14H13N7O6/c1-8(16-9-2-4-11(15)13(6-9)20(24)25)17-18-12-5-3-10(19(22)23)7-14(12)21(26)27/h2-7,18H,15H2,1H3,(H,16,17). The molecule has 0 radical (unpaired) electrons. The summed E-state index contributed by atoms with van der Waals surface area (Å²) in [6.07, 6.45) is 0. The number of nitrogens with two attached hydrogens (primary N) is 1. The summed E-state index contributed by atoms with van der Waals surface area (Å²) in [5.74, 6) is 0.224. The van der Waals surface area contributed by atoms with Gasteiger partial charge in [0.2, 0.25) is 0 Å². The third kappa shape index (κ3) is 4.62. The van der Waals surface area contributed by atoms with E-state index in [1.165, 1.54) is 31.2 Å². The van der Waals surface area contributed by atoms with Crippen LogP contribution in [0.2, 0.25) is 0 Å². The first-order chi connectivity index (χ1) is 12.7. The second kappa shape index (κ2) is 7.73. The van der Waals surface area contributed by atoms with Crippen LogP contribution in [0.15, 0.2) is 41.4 Å². The van der Waals surface area contributed by atoms with Crippen LogP contribution in [0.4, 0.5) is 34.1 Å². The number of hydrogen-bond acceptors (Lipinski definition) is 9. The molecular formula is C14H13N7O6. The number of anilines is 2. The number of nitrogens with one attached hydrogen (secondary N) is 2. The maximum Gasteiger partial charge on any atom is 0.300 e. The average Bonchev–Trinajstić information content (AvgIpc) is 2.61. The maximum absolute atomic E-state index is 11.1. The van der Waals surface area contributed by atoms with Crippen LogP contribution in [-0.2, 0) is 0 Å². The van der Waals surface area contributed by atoms with E-state index in [1.807, 2.05) is 0 Å². The molecule has 27 heavy (non-hydrogen) atoms. The number of non-ortho nitro benzene ring substituents is 1. The summed E-state index contributed by atoms with van der Waals surface area (Å²) in [7, 11) is 0. The molecule has 0 aromatic heterocycles. The minimum atomic E-state index is -0.771. The van der Waals surface area contributed by atoms with Gasteiger partial charge in [0.25, 0.3) is 11.4 Å². The van der Waals surface area contributed by atoms with Crippen molar-refractivity contribution in [2.45, 2.75) is 6.92 Å². The van der Waals surface area contributed by atoms with Crippen LogP contribution >= 0.6 is 0 Å². The minimum absolute atomic E-state index is 0.0100. The number of nitrogen functional groups attached to an aromatic ring is 1. The summed E-state index contributed by atoms with van der Waals surface area (Å²) in [6, 6.07) is 7.06. The van der Waals surface area contributed by atoms with Crippen LogP contribution < -0.4 is 16.6 Å². The summed E-state index contributed by atoms with van der Waals surface area (Å²) in [5, 5.41) is 32.7. The summed E-state index contributed by atoms with van der Waals surface area (Å²) in [4.78, 5) is 34.6. The number of hydrogen-bond donors (Lipinski definition) is 3. The van der Waals surface area contributed by atoms with E-state index in [4.69, 9.17) is 5.73 Å². The monoisotopic (exact) mass is 375 g/mol. The molecule has 140 valence electrons. The summed E-state index contributed by atoms with van der Waals surface area (Å²) >= 11 is 0. The number of nitro benzene ring substituents is 3. The highest BCUT2D eigenvalue weighted by atomic mass is 16.6. The fourth-order valence-corrected chi connectivity index (χ4v) is 2.03. The van der Waals surface area contributed by atoms with Crippen molar-refractivity contribution >= 4 is 40.0 Å². The number of amidine groups is 1. The van der Waals surface area contributed by atoms with Crippen LogP contribution in [-0.4, -0.2) is 20.6 Å². The van der Waals surface area contributed by atoms with Crippen LogP contribution in [0.1, 0.15) is 6.92 Å². The lowest BCUT2D eigenvalue weighted by Gasteiger charge is -2.09. The molecule has 4 N–H and O–H groups in total. The van der Waals surface area contributed by atoms with Gasteiger partial charge in [0.1, 0.15) is 17.2 Å². The van der Waals surface area contributed by atoms with Gasteiger partial charge in [-0.05, 0) is 25.1 Å². The molecular weight excluding hydrogens is 362 g/mol. The van der Waals surface area contributed by atoms with E-state index in [0.29, 0.717) is 0 Å². The Balaban J connectivity index is 2.20. The maximum atomic E-state index is 11.1. The predicted molar refractivity (Wildman–Crippen MR) is 96.8 cm³/mol. The topological polar surface area (TPSA) is 192 Å². The largest absolute Gasteiger partial charge is 0.393 e. The van der Waals surface area contributed by atoms with Crippen molar-refractivity contribution in [3.8, 4) is 0 Å². The van der Waals surface area contributed by atoms with Crippen LogP contribution in [0, 0.1) is 30.3 Å². The molecule has 0 spiro atoms. The lowest BCUT2D eigenvalue weighted by molar-refractivity contribution is -0.393. The van der Waals surface area contributed by atoms with Gasteiger partial charge in [-0.3, -0.25) is 41.2 Å². The Kier molecular flexibility index (Phi) is 5.45. The van der Waals surface area contributed by atoms with Gasteiger partial charge in [-0.25, -0.2) is 4.99 Å². The molecule has 2 aromatic carbocycles. The minimum Gasteiger partial charge on any atom is -0.393 e. The van der Waals surface area contributed by atoms with E-state index in [-0.39, 0.29) is 28.6 Å². The molecule has 0 saturated heterocycles. The van der Waals surface area contributed by atoms with Crippen LogP contribution in [0.5, 0.6) is 0 Å². The van der Waals surface area contributed by atoms with E-state index in [2.05, 4.69) is 15.8 Å². The Bertz CT molecular complexity index is 959. The zero-order valence-corrected chi connectivity index (χ0v) is 13.8. The number of aliphatic imine (C=N–C) groups is 1. The van der Waals surface area contributed by atoms with Gasteiger partial charge in [-0.2, -0.15) is 0 Å². The number of benzene rings is 2. The van der Waals surface area contributed by atoms with Crippen LogP contribution in [0.3, 0.4) is 0 Å². The Labute approximate surface area is 150 Å². The average molecular weight is 375 g/mol. The molecule has 0 fully saturated rings. The van der Waals surface area contributed by atoms with E-state index >= 15 is 0 Å². The molecule has 0 heterocycles. The van der Waals surface area contributed by atoms with Crippen molar-refractivity contribution in [3.63, 3.8) is 0 Å². The molecule has 13 nitrogen and oxygen atoms in total. The number of nitro groups is 3. The molecule has 2 aromatic rings. The van der Waals surface area contributed by atoms with E-state index in [9.17, 15) is 30.3 Å².